The van der Waals surface area contributed by atoms with Gasteiger partial charge in [-0.05, 0) is 84.2 Å². The molecular formula is C24H20F7I2NO3S. The number of hydrogen-bond donors (Lipinski definition) is 0. The van der Waals surface area contributed by atoms with Gasteiger partial charge in [-0.25, -0.2) is 12.8 Å². The number of hydrogen-bond acceptors (Lipinski definition) is 3. The summed E-state index contributed by atoms with van der Waals surface area (Å²) in [5, 5.41) is 0. The first-order chi connectivity index (χ1) is 17.4. The van der Waals surface area contributed by atoms with E-state index in [1.54, 1.807) is 19.1 Å². The van der Waals surface area contributed by atoms with Crippen molar-refractivity contribution in [3.05, 3.63) is 62.7 Å². The lowest BCUT2D eigenvalue weighted by molar-refractivity contribution is -0.348. The lowest BCUT2D eigenvalue weighted by Gasteiger charge is -2.43. The van der Waals surface area contributed by atoms with Gasteiger partial charge in [-0.2, -0.15) is 26.3 Å². The molecule has 2 aromatic carbocycles. The van der Waals surface area contributed by atoms with Crippen LogP contribution < -0.4 is 0 Å². The van der Waals surface area contributed by atoms with Crippen molar-refractivity contribution in [1.82, 2.24) is 4.90 Å². The predicted molar refractivity (Wildman–Crippen MR) is 141 cm³/mol. The van der Waals surface area contributed by atoms with Gasteiger partial charge < -0.3 is 4.90 Å². The number of aryl methyl sites for hydroxylation is 1. The summed E-state index contributed by atoms with van der Waals surface area (Å²) in [4.78, 5) is 14.3. The molecule has 0 N–H and O–H groups in total. The molecule has 1 aliphatic carbocycles. The molecule has 4 nitrogen and oxygen atoms in total. The molecule has 1 amide bonds. The summed E-state index contributed by atoms with van der Waals surface area (Å²) >= 11 is 3.88. The quantitative estimate of drug-likeness (QED) is 0.199. The molecular weight excluding hydrogens is 769 g/mol. The molecule has 1 unspecified atom stereocenters. The highest BCUT2D eigenvalue weighted by atomic mass is 127. The van der Waals surface area contributed by atoms with Gasteiger partial charge in [-0.1, -0.05) is 40.8 Å². The summed E-state index contributed by atoms with van der Waals surface area (Å²) in [6.07, 6.45) is -12.9. The van der Waals surface area contributed by atoms with Crippen molar-refractivity contribution in [1.29, 1.82) is 0 Å². The molecule has 208 valence electrons. The Kier molecular flexibility index (Phi) is 7.63. The molecule has 4 rings (SSSR count). The first-order valence-corrected chi connectivity index (χ1v) is 15.1. The lowest BCUT2D eigenvalue weighted by atomic mass is 9.76. The van der Waals surface area contributed by atoms with E-state index in [0.717, 1.165) is 9.64 Å². The van der Waals surface area contributed by atoms with Gasteiger partial charge in [0.15, 0.2) is 9.84 Å². The Bertz CT molecular complexity index is 1350. The Labute approximate surface area is 241 Å². The van der Waals surface area contributed by atoms with Gasteiger partial charge in [-0.15, -0.1) is 0 Å². The van der Waals surface area contributed by atoms with Gasteiger partial charge in [0.1, 0.15) is 4.75 Å². The van der Waals surface area contributed by atoms with Gasteiger partial charge in [0.05, 0.1) is 14.9 Å². The third-order valence-corrected chi connectivity index (χ3v) is 11.1. The number of benzene rings is 2. The molecule has 1 heterocycles. The van der Waals surface area contributed by atoms with Crippen LogP contribution in [0.15, 0.2) is 47.4 Å². The number of likely N-dealkylation sites (tertiary alicyclic amines) is 1. The number of alkyl halides is 8. The zero-order valence-electron chi connectivity index (χ0n) is 19.5. The second-order valence-electron chi connectivity index (χ2n) is 9.32. The Balaban J connectivity index is 1.97. The minimum Gasteiger partial charge on any atom is -0.337 e. The molecule has 0 radical (unpaired) electrons. The maximum absolute atomic E-state index is 14.8. The van der Waals surface area contributed by atoms with Crippen LogP contribution in [0, 0.1) is 3.57 Å². The fourth-order valence-electron chi connectivity index (χ4n) is 5.55. The van der Waals surface area contributed by atoms with Gasteiger partial charge in [0, 0.05) is 15.7 Å². The van der Waals surface area contributed by atoms with E-state index in [1.165, 1.54) is 17.0 Å². The van der Waals surface area contributed by atoms with Crippen molar-refractivity contribution in [2.45, 2.75) is 63.8 Å². The van der Waals surface area contributed by atoms with Crippen LogP contribution in [0.1, 0.15) is 36.5 Å². The summed E-state index contributed by atoms with van der Waals surface area (Å²) in [6.45, 7) is 1.66. The van der Waals surface area contributed by atoms with Crippen LogP contribution in [0.2, 0.25) is 0 Å². The fourth-order valence-corrected chi connectivity index (χ4v) is 8.63. The first kappa shape index (κ1) is 29.8. The first-order valence-electron chi connectivity index (χ1n) is 11.3. The SMILES string of the molecule is CC(I)C(=O)N1CC[C@@]2(S(=O)(=O)c3ccc(I)cc3)c3ccc(C(F)(C(F)(F)F)C(F)(F)F)cc3CC[C@@H]12. The number of fused-ring (bicyclic) bond motifs is 3. The maximum atomic E-state index is 14.8. The van der Waals surface area contributed by atoms with Crippen molar-refractivity contribution < 1.29 is 43.9 Å². The van der Waals surface area contributed by atoms with Gasteiger partial charge in [0.2, 0.25) is 5.91 Å². The molecule has 1 fully saturated rings. The molecule has 1 saturated heterocycles. The van der Waals surface area contributed by atoms with E-state index in [2.05, 4.69) is 0 Å². The van der Waals surface area contributed by atoms with Crippen molar-refractivity contribution in [2.75, 3.05) is 6.54 Å². The maximum Gasteiger partial charge on any atom is 0.435 e. The summed E-state index contributed by atoms with van der Waals surface area (Å²) < 4.78 is 122. The topological polar surface area (TPSA) is 54.5 Å². The molecule has 3 atom stereocenters. The average molecular weight is 789 g/mol. The van der Waals surface area contributed by atoms with Crippen LogP contribution in [0.5, 0.6) is 0 Å². The van der Waals surface area contributed by atoms with Crippen LogP contribution >= 0.6 is 45.2 Å². The normalized spacial score (nSPS) is 23.1. The second kappa shape index (κ2) is 9.73. The van der Waals surface area contributed by atoms with E-state index in [-0.39, 0.29) is 47.7 Å². The molecule has 1 aliphatic heterocycles. The largest absolute Gasteiger partial charge is 0.435 e. The second-order valence-corrected chi connectivity index (χ2v) is 14.6. The molecule has 38 heavy (non-hydrogen) atoms. The Hall–Kier alpha value is -1.17. The van der Waals surface area contributed by atoms with Crippen LogP contribution in [-0.4, -0.2) is 48.1 Å². The van der Waals surface area contributed by atoms with E-state index < -0.39 is 48.1 Å². The van der Waals surface area contributed by atoms with E-state index in [0.29, 0.717) is 12.1 Å². The Morgan fingerprint density at radius 1 is 1.03 bits per heavy atom. The highest BCUT2D eigenvalue weighted by Crippen LogP contribution is 2.56. The van der Waals surface area contributed by atoms with Crippen molar-refractivity contribution >= 4 is 60.9 Å². The summed E-state index contributed by atoms with van der Waals surface area (Å²) in [7, 11) is -4.33. The molecule has 0 saturated carbocycles. The lowest BCUT2D eigenvalue weighted by Crippen LogP contribution is -2.53. The van der Waals surface area contributed by atoms with E-state index in [9.17, 15) is 43.9 Å². The van der Waals surface area contributed by atoms with E-state index >= 15 is 0 Å². The smallest absolute Gasteiger partial charge is 0.337 e. The Morgan fingerprint density at radius 2 is 1.61 bits per heavy atom. The van der Waals surface area contributed by atoms with Gasteiger partial charge in [-0.3, -0.25) is 4.79 Å². The summed E-state index contributed by atoms with van der Waals surface area (Å²) in [5.41, 5.74) is -7.44. The molecule has 0 spiro atoms. The Morgan fingerprint density at radius 3 is 2.13 bits per heavy atom. The van der Waals surface area contributed by atoms with E-state index in [4.69, 9.17) is 0 Å². The summed E-state index contributed by atoms with van der Waals surface area (Å²) in [5.74, 6) is -0.327. The third kappa shape index (κ3) is 4.34. The minimum absolute atomic E-state index is 0.0147. The van der Waals surface area contributed by atoms with E-state index in [1.807, 2.05) is 45.2 Å². The van der Waals surface area contributed by atoms with Gasteiger partial charge >= 0.3 is 18.0 Å². The molecule has 0 aromatic heterocycles. The fraction of sp³-hybridized carbons (Fsp3) is 0.458. The number of rotatable bonds is 4. The third-order valence-electron chi connectivity index (χ3n) is 7.29. The molecule has 2 aromatic rings. The average Bonchev–Trinajstić information content (AvgIpc) is 3.23. The van der Waals surface area contributed by atoms with Crippen LogP contribution in [-0.2, 0) is 31.5 Å². The number of carbonyl (C=O) groups excluding carboxylic acids is 1. The molecule has 2 aliphatic rings. The van der Waals surface area contributed by atoms with Crippen molar-refractivity contribution in [3.63, 3.8) is 0 Å². The number of nitrogens with zero attached hydrogens (tertiary/aromatic N) is 1. The van der Waals surface area contributed by atoms with Crippen LogP contribution in [0.4, 0.5) is 30.7 Å². The number of carbonyl (C=O) groups is 1. The highest BCUT2D eigenvalue weighted by Gasteiger charge is 2.73. The molecule has 14 heteroatoms. The summed E-state index contributed by atoms with van der Waals surface area (Å²) in [6, 6.07) is 6.64. The van der Waals surface area contributed by atoms with Gasteiger partial charge in [0.25, 0.3) is 0 Å². The highest BCUT2D eigenvalue weighted by molar-refractivity contribution is 14.1. The number of halogens is 9. The standard InChI is InChI=1S/C24H20F7I2NO3S/c1-13(32)20(35)34-11-10-21(38(36,37)17-6-4-16(33)5-7-17)18-8-3-15(12-14(18)2-9-19(21)34)22(25,23(26,27)28)24(29,30)31/h3-8,12-13,19H,2,9-11H2,1H3/t13?,19-,21-/m1/s1. The number of sulfone groups is 1. The minimum atomic E-state index is -6.30. The van der Waals surface area contributed by atoms with Crippen LogP contribution in [0.25, 0.3) is 0 Å². The molecule has 0 bridgehead atoms. The predicted octanol–water partition coefficient (Wildman–Crippen LogP) is 6.62. The van der Waals surface area contributed by atoms with Crippen LogP contribution in [0.3, 0.4) is 0 Å². The van der Waals surface area contributed by atoms with Crippen molar-refractivity contribution in [3.8, 4) is 0 Å². The van der Waals surface area contributed by atoms with Crippen molar-refractivity contribution in [2.24, 2.45) is 0 Å². The zero-order chi connectivity index (χ0) is 28.5. The monoisotopic (exact) mass is 789 g/mol. The zero-order valence-corrected chi connectivity index (χ0v) is 24.6. The number of amides is 1.